The molecule has 1 N–H and O–H groups in total. The number of rotatable bonds is 3. The van der Waals surface area contributed by atoms with Crippen molar-refractivity contribution in [2.45, 2.75) is 51.0 Å². The van der Waals surface area contributed by atoms with Gasteiger partial charge in [-0.05, 0) is 50.5 Å². The van der Waals surface area contributed by atoms with Crippen molar-refractivity contribution in [3.63, 3.8) is 0 Å². The standard InChI is InChI=1S/C19H23N3O/c23-19(18-16-10-6-11-17(16)20-21-18)22-12-5-4-9-15(22)13-14-7-2-1-3-8-14/h1-3,7-8,15H,4-6,9-13H2,(H,20,21). The number of likely N-dealkylation sites (tertiary alicyclic amines) is 1. The summed E-state index contributed by atoms with van der Waals surface area (Å²) in [5.41, 5.74) is 4.32. The molecule has 1 aromatic carbocycles. The molecule has 1 aromatic heterocycles. The van der Waals surface area contributed by atoms with Crippen LogP contribution >= 0.6 is 0 Å². The Morgan fingerprint density at radius 2 is 2.04 bits per heavy atom. The Morgan fingerprint density at radius 3 is 2.91 bits per heavy atom. The quantitative estimate of drug-likeness (QED) is 0.947. The molecule has 2 aromatic rings. The normalized spacial score (nSPS) is 20.5. The Balaban J connectivity index is 1.56. The van der Waals surface area contributed by atoms with Crippen LogP contribution < -0.4 is 0 Å². The molecule has 1 atom stereocenters. The molecule has 2 aliphatic rings. The average molecular weight is 309 g/mol. The fourth-order valence-corrected chi connectivity index (χ4v) is 4.00. The SMILES string of the molecule is O=C(c1n[nH]c2c1CCC2)N1CCCCC1Cc1ccccc1. The molecule has 0 spiro atoms. The van der Waals surface area contributed by atoms with Gasteiger partial charge in [0.05, 0.1) is 0 Å². The first-order valence-electron chi connectivity index (χ1n) is 8.74. The largest absolute Gasteiger partial charge is 0.334 e. The van der Waals surface area contributed by atoms with E-state index in [4.69, 9.17) is 0 Å². The number of nitrogens with one attached hydrogen (secondary N) is 1. The van der Waals surface area contributed by atoms with Crippen LogP contribution in [0, 0.1) is 0 Å². The molecule has 1 aliphatic heterocycles. The zero-order chi connectivity index (χ0) is 15.6. The second-order valence-corrected chi connectivity index (χ2v) is 6.72. The maximum absolute atomic E-state index is 13.1. The van der Waals surface area contributed by atoms with Crippen LogP contribution in [0.4, 0.5) is 0 Å². The zero-order valence-electron chi connectivity index (χ0n) is 13.4. The molecule has 1 amide bonds. The molecule has 120 valence electrons. The Kier molecular flexibility index (Phi) is 3.90. The second-order valence-electron chi connectivity index (χ2n) is 6.72. The van der Waals surface area contributed by atoms with Gasteiger partial charge in [-0.25, -0.2) is 0 Å². The summed E-state index contributed by atoms with van der Waals surface area (Å²) in [5, 5.41) is 7.41. The molecule has 2 heterocycles. The zero-order valence-corrected chi connectivity index (χ0v) is 13.4. The van der Waals surface area contributed by atoms with E-state index in [1.165, 1.54) is 23.2 Å². The van der Waals surface area contributed by atoms with Gasteiger partial charge in [-0.2, -0.15) is 5.10 Å². The minimum absolute atomic E-state index is 0.130. The summed E-state index contributed by atoms with van der Waals surface area (Å²) in [4.78, 5) is 15.1. The third kappa shape index (κ3) is 2.78. The molecule has 4 heteroatoms. The van der Waals surface area contributed by atoms with Crippen molar-refractivity contribution in [1.82, 2.24) is 15.1 Å². The summed E-state index contributed by atoms with van der Waals surface area (Å²) in [6.07, 6.45) is 7.50. The van der Waals surface area contributed by atoms with Crippen molar-refractivity contribution in [1.29, 1.82) is 0 Å². The van der Waals surface area contributed by atoms with Crippen molar-refractivity contribution in [2.75, 3.05) is 6.54 Å². The predicted molar refractivity (Wildman–Crippen MR) is 89.4 cm³/mol. The Labute approximate surface area is 136 Å². The lowest BCUT2D eigenvalue weighted by Gasteiger charge is -2.35. The van der Waals surface area contributed by atoms with Crippen molar-refractivity contribution in [2.24, 2.45) is 0 Å². The van der Waals surface area contributed by atoms with Crippen molar-refractivity contribution in [3.05, 3.63) is 52.8 Å². The van der Waals surface area contributed by atoms with Crippen molar-refractivity contribution in [3.8, 4) is 0 Å². The van der Waals surface area contributed by atoms with E-state index in [9.17, 15) is 4.79 Å². The monoisotopic (exact) mass is 309 g/mol. The van der Waals surface area contributed by atoms with Crippen molar-refractivity contribution < 1.29 is 4.79 Å². The summed E-state index contributed by atoms with van der Waals surface area (Å²) >= 11 is 0. The minimum Gasteiger partial charge on any atom is -0.334 e. The third-order valence-corrected chi connectivity index (χ3v) is 5.21. The first-order chi connectivity index (χ1) is 11.3. The number of hydrogen-bond donors (Lipinski definition) is 1. The smallest absolute Gasteiger partial charge is 0.274 e. The lowest BCUT2D eigenvalue weighted by atomic mass is 9.95. The molecule has 1 unspecified atom stereocenters. The summed E-state index contributed by atoms with van der Waals surface area (Å²) in [7, 11) is 0. The minimum atomic E-state index is 0.130. The molecule has 4 nitrogen and oxygen atoms in total. The number of aryl methyl sites for hydroxylation is 1. The number of piperidine rings is 1. The van der Waals surface area contributed by atoms with Gasteiger partial charge >= 0.3 is 0 Å². The summed E-state index contributed by atoms with van der Waals surface area (Å²) in [6, 6.07) is 10.8. The lowest BCUT2D eigenvalue weighted by molar-refractivity contribution is 0.0606. The van der Waals surface area contributed by atoms with E-state index in [0.717, 1.165) is 45.1 Å². The molecule has 1 aliphatic carbocycles. The van der Waals surface area contributed by atoms with Crippen LogP contribution in [0.1, 0.15) is 53.0 Å². The van der Waals surface area contributed by atoms with Gasteiger partial charge in [0, 0.05) is 23.8 Å². The number of carbonyl (C=O) groups is 1. The van der Waals surface area contributed by atoms with Crippen LogP contribution in [-0.4, -0.2) is 33.6 Å². The molecular weight excluding hydrogens is 286 g/mol. The second kappa shape index (κ2) is 6.19. The Hall–Kier alpha value is -2.10. The first-order valence-corrected chi connectivity index (χ1v) is 8.74. The van der Waals surface area contributed by atoms with Crippen LogP contribution in [0.3, 0.4) is 0 Å². The number of fused-ring (bicyclic) bond motifs is 1. The number of nitrogens with zero attached hydrogens (tertiary/aromatic N) is 2. The van der Waals surface area contributed by atoms with Crippen LogP contribution in [0.15, 0.2) is 30.3 Å². The lowest BCUT2D eigenvalue weighted by Crippen LogP contribution is -2.45. The number of amides is 1. The van der Waals surface area contributed by atoms with E-state index in [0.29, 0.717) is 11.7 Å². The van der Waals surface area contributed by atoms with Gasteiger partial charge in [0.2, 0.25) is 0 Å². The van der Waals surface area contributed by atoms with Crippen LogP contribution in [-0.2, 0) is 19.3 Å². The fraction of sp³-hybridized carbons (Fsp3) is 0.474. The molecular formula is C19H23N3O. The van der Waals surface area contributed by atoms with E-state index in [1.807, 2.05) is 6.07 Å². The first kappa shape index (κ1) is 14.5. The molecule has 4 rings (SSSR count). The molecule has 1 fully saturated rings. The molecule has 1 saturated heterocycles. The van der Waals surface area contributed by atoms with Crippen LogP contribution in [0.2, 0.25) is 0 Å². The van der Waals surface area contributed by atoms with Gasteiger partial charge in [-0.3, -0.25) is 9.89 Å². The van der Waals surface area contributed by atoms with Crippen molar-refractivity contribution >= 4 is 5.91 Å². The van der Waals surface area contributed by atoms with E-state index < -0.39 is 0 Å². The summed E-state index contributed by atoms with van der Waals surface area (Å²) < 4.78 is 0. The molecule has 0 radical (unpaired) electrons. The summed E-state index contributed by atoms with van der Waals surface area (Å²) in [5.74, 6) is 0.130. The highest BCUT2D eigenvalue weighted by molar-refractivity contribution is 5.94. The number of H-pyrrole nitrogens is 1. The number of benzene rings is 1. The maximum atomic E-state index is 13.1. The van der Waals surface area contributed by atoms with Gasteiger partial charge in [0.25, 0.3) is 5.91 Å². The molecule has 23 heavy (non-hydrogen) atoms. The van der Waals surface area contributed by atoms with Gasteiger partial charge < -0.3 is 4.90 Å². The van der Waals surface area contributed by atoms with E-state index >= 15 is 0 Å². The van der Waals surface area contributed by atoms with E-state index in [-0.39, 0.29) is 5.91 Å². The molecule has 0 bridgehead atoms. The number of hydrogen-bond acceptors (Lipinski definition) is 2. The highest BCUT2D eigenvalue weighted by Gasteiger charge is 2.32. The number of carbonyl (C=O) groups excluding carboxylic acids is 1. The van der Waals surface area contributed by atoms with Gasteiger partial charge in [-0.1, -0.05) is 30.3 Å². The van der Waals surface area contributed by atoms with Crippen LogP contribution in [0.5, 0.6) is 0 Å². The highest BCUT2D eigenvalue weighted by atomic mass is 16.2. The Morgan fingerprint density at radius 1 is 1.17 bits per heavy atom. The van der Waals surface area contributed by atoms with Gasteiger partial charge in [-0.15, -0.1) is 0 Å². The van der Waals surface area contributed by atoms with Gasteiger partial charge in [0.1, 0.15) is 0 Å². The topological polar surface area (TPSA) is 49.0 Å². The van der Waals surface area contributed by atoms with Gasteiger partial charge in [0.15, 0.2) is 5.69 Å². The summed E-state index contributed by atoms with van der Waals surface area (Å²) in [6.45, 7) is 0.859. The maximum Gasteiger partial charge on any atom is 0.274 e. The number of aromatic nitrogens is 2. The number of aromatic amines is 1. The Bertz CT molecular complexity index is 692. The average Bonchev–Trinajstić information content (AvgIpc) is 3.19. The predicted octanol–water partition coefficient (Wildman–Crippen LogP) is 3.14. The van der Waals surface area contributed by atoms with E-state index in [2.05, 4.69) is 39.4 Å². The third-order valence-electron chi connectivity index (χ3n) is 5.21. The molecule has 0 saturated carbocycles. The van der Waals surface area contributed by atoms with Crippen LogP contribution in [0.25, 0.3) is 0 Å². The highest BCUT2D eigenvalue weighted by Crippen LogP contribution is 2.27. The fourth-order valence-electron chi connectivity index (χ4n) is 4.00. The van der Waals surface area contributed by atoms with E-state index in [1.54, 1.807) is 0 Å².